The predicted molar refractivity (Wildman–Crippen MR) is 52.8 cm³/mol. The number of aryl methyl sites for hydroxylation is 1. The molecule has 0 radical (unpaired) electrons. The maximum atomic E-state index is 8.77. The van der Waals surface area contributed by atoms with Crippen molar-refractivity contribution >= 4 is 22.5 Å². The molecule has 0 bridgehead atoms. The second-order valence-corrected chi connectivity index (χ2v) is 3.31. The van der Waals surface area contributed by atoms with Crippen molar-refractivity contribution in [3.63, 3.8) is 0 Å². The number of nitrogens with one attached hydrogen (secondary N) is 1. The van der Waals surface area contributed by atoms with E-state index in [2.05, 4.69) is 11.1 Å². The zero-order valence-corrected chi connectivity index (χ0v) is 7.81. The molecular formula is C10H7ClN2. The van der Waals surface area contributed by atoms with Crippen LogP contribution in [-0.2, 0) is 0 Å². The number of nitriles is 1. The molecule has 3 heteroatoms. The van der Waals surface area contributed by atoms with Crippen LogP contribution in [0.15, 0.2) is 18.3 Å². The van der Waals surface area contributed by atoms with Crippen LogP contribution in [0.3, 0.4) is 0 Å². The average Bonchev–Trinajstić information content (AvgIpc) is 2.55. The highest BCUT2D eigenvalue weighted by atomic mass is 35.5. The summed E-state index contributed by atoms with van der Waals surface area (Å²) < 4.78 is 0. The molecule has 0 aliphatic rings. The minimum absolute atomic E-state index is 0.636. The molecule has 1 aromatic carbocycles. The molecule has 1 aromatic heterocycles. The molecule has 1 heterocycles. The summed E-state index contributed by atoms with van der Waals surface area (Å²) in [5.74, 6) is 0. The van der Waals surface area contributed by atoms with E-state index in [0.717, 1.165) is 16.5 Å². The van der Waals surface area contributed by atoms with Gasteiger partial charge in [-0.2, -0.15) is 5.26 Å². The van der Waals surface area contributed by atoms with Gasteiger partial charge in [0.05, 0.1) is 16.1 Å². The Morgan fingerprint density at radius 2 is 2.23 bits per heavy atom. The largest absolute Gasteiger partial charge is 0.359 e. The van der Waals surface area contributed by atoms with Crippen LogP contribution >= 0.6 is 11.6 Å². The van der Waals surface area contributed by atoms with Gasteiger partial charge in [0.1, 0.15) is 6.07 Å². The maximum absolute atomic E-state index is 8.77. The minimum Gasteiger partial charge on any atom is -0.359 e. The molecule has 0 saturated carbocycles. The van der Waals surface area contributed by atoms with Crippen molar-refractivity contribution in [2.45, 2.75) is 6.92 Å². The Bertz CT molecular complexity index is 505. The van der Waals surface area contributed by atoms with Crippen molar-refractivity contribution in [3.8, 4) is 6.07 Å². The van der Waals surface area contributed by atoms with Gasteiger partial charge in [0.2, 0.25) is 0 Å². The van der Waals surface area contributed by atoms with E-state index >= 15 is 0 Å². The predicted octanol–water partition coefficient (Wildman–Crippen LogP) is 3.00. The summed E-state index contributed by atoms with van der Waals surface area (Å²) in [6.07, 6.45) is 1.68. The third kappa shape index (κ3) is 1.09. The number of rotatable bonds is 0. The number of fused-ring (bicyclic) bond motifs is 1. The van der Waals surface area contributed by atoms with Crippen molar-refractivity contribution in [1.82, 2.24) is 4.98 Å². The lowest BCUT2D eigenvalue weighted by Gasteiger charge is -1.97. The third-order valence-corrected chi connectivity index (χ3v) is 2.59. The van der Waals surface area contributed by atoms with E-state index in [1.54, 1.807) is 6.20 Å². The molecule has 0 aliphatic carbocycles. The Kier molecular flexibility index (Phi) is 1.75. The monoisotopic (exact) mass is 190 g/mol. The fourth-order valence-corrected chi connectivity index (χ4v) is 1.58. The van der Waals surface area contributed by atoms with Gasteiger partial charge >= 0.3 is 0 Å². The smallest absolute Gasteiger partial charge is 0.101 e. The molecule has 13 heavy (non-hydrogen) atoms. The number of benzene rings is 1. The number of aromatic amines is 1. The zero-order chi connectivity index (χ0) is 9.42. The standard InChI is InChI=1S/C10H7ClN2/c1-6-2-3-8-7(4-12)5-13-10(8)9(6)11/h2-3,5,13H,1H3. The SMILES string of the molecule is Cc1ccc2c(C#N)c[nH]c2c1Cl. The average molecular weight is 191 g/mol. The quantitative estimate of drug-likeness (QED) is 0.682. The molecular weight excluding hydrogens is 184 g/mol. The summed E-state index contributed by atoms with van der Waals surface area (Å²) in [5, 5.41) is 10.4. The Morgan fingerprint density at radius 1 is 1.46 bits per heavy atom. The van der Waals surface area contributed by atoms with Crippen LogP contribution in [0.5, 0.6) is 0 Å². The molecule has 0 aliphatic heterocycles. The van der Waals surface area contributed by atoms with Crippen LogP contribution in [0, 0.1) is 18.3 Å². The summed E-state index contributed by atoms with van der Waals surface area (Å²) in [4.78, 5) is 2.99. The first kappa shape index (κ1) is 8.15. The first-order valence-electron chi connectivity index (χ1n) is 3.90. The highest BCUT2D eigenvalue weighted by molar-refractivity contribution is 6.36. The van der Waals surface area contributed by atoms with E-state index in [1.807, 2.05) is 19.1 Å². The maximum Gasteiger partial charge on any atom is 0.101 e. The lowest BCUT2D eigenvalue weighted by atomic mass is 10.1. The second-order valence-electron chi connectivity index (χ2n) is 2.93. The molecule has 1 N–H and O–H groups in total. The summed E-state index contributed by atoms with van der Waals surface area (Å²) >= 11 is 6.06. The first-order chi connectivity index (χ1) is 6.24. The molecule has 0 spiro atoms. The molecule has 0 amide bonds. The van der Waals surface area contributed by atoms with Crippen molar-refractivity contribution in [3.05, 3.63) is 34.5 Å². The van der Waals surface area contributed by atoms with Crippen molar-refractivity contribution in [2.24, 2.45) is 0 Å². The zero-order valence-electron chi connectivity index (χ0n) is 7.06. The number of hydrogen-bond acceptors (Lipinski definition) is 1. The number of H-pyrrole nitrogens is 1. The summed E-state index contributed by atoms with van der Waals surface area (Å²) in [6, 6.07) is 5.93. The van der Waals surface area contributed by atoms with Crippen LogP contribution in [0.2, 0.25) is 5.02 Å². The Morgan fingerprint density at radius 3 is 2.92 bits per heavy atom. The topological polar surface area (TPSA) is 39.6 Å². The van der Waals surface area contributed by atoms with Gasteiger partial charge in [-0.3, -0.25) is 0 Å². The molecule has 2 rings (SSSR count). The second kappa shape index (κ2) is 2.79. The molecule has 0 fully saturated rings. The third-order valence-electron chi connectivity index (χ3n) is 2.11. The normalized spacial score (nSPS) is 10.2. The molecule has 2 nitrogen and oxygen atoms in total. The number of nitrogens with zero attached hydrogens (tertiary/aromatic N) is 1. The summed E-state index contributed by atoms with van der Waals surface area (Å²) in [7, 11) is 0. The molecule has 0 atom stereocenters. The van der Waals surface area contributed by atoms with E-state index in [-0.39, 0.29) is 0 Å². The molecule has 0 saturated heterocycles. The van der Waals surface area contributed by atoms with E-state index < -0.39 is 0 Å². The van der Waals surface area contributed by atoms with Crippen LogP contribution in [0.25, 0.3) is 10.9 Å². The highest BCUT2D eigenvalue weighted by Gasteiger charge is 2.07. The van der Waals surface area contributed by atoms with Gasteiger partial charge < -0.3 is 4.98 Å². The lowest BCUT2D eigenvalue weighted by molar-refractivity contribution is 1.43. The van der Waals surface area contributed by atoms with Crippen LogP contribution in [-0.4, -0.2) is 4.98 Å². The van der Waals surface area contributed by atoms with Crippen LogP contribution < -0.4 is 0 Å². The van der Waals surface area contributed by atoms with Crippen LogP contribution in [0.1, 0.15) is 11.1 Å². The minimum atomic E-state index is 0.636. The van der Waals surface area contributed by atoms with E-state index in [4.69, 9.17) is 16.9 Å². The van der Waals surface area contributed by atoms with E-state index in [0.29, 0.717) is 10.6 Å². The van der Waals surface area contributed by atoms with Gasteiger partial charge in [-0.05, 0) is 12.5 Å². The van der Waals surface area contributed by atoms with E-state index in [9.17, 15) is 0 Å². The van der Waals surface area contributed by atoms with Gasteiger partial charge in [-0.25, -0.2) is 0 Å². The van der Waals surface area contributed by atoms with Gasteiger partial charge in [-0.15, -0.1) is 0 Å². The van der Waals surface area contributed by atoms with Gasteiger partial charge in [0.25, 0.3) is 0 Å². The van der Waals surface area contributed by atoms with Crippen molar-refractivity contribution < 1.29 is 0 Å². The molecule has 2 aromatic rings. The summed E-state index contributed by atoms with van der Waals surface area (Å²) in [6.45, 7) is 1.94. The fourth-order valence-electron chi connectivity index (χ4n) is 1.36. The summed E-state index contributed by atoms with van der Waals surface area (Å²) in [5.41, 5.74) is 2.50. The highest BCUT2D eigenvalue weighted by Crippen LogP contribution is 2.27. The molecule has 0 unspecified atom stereocenters. The Hall–Kier alpha value is -1.46. The number of hydrogen-bond donors (Lipinski definition) is 1. The Balaban J connectivity index is 2.91. The van der Waals surface area contributed by atoms with Gasteiger partial charge in [-0.1, -0.05) is 23.7 Å². The van der Waals surface area contributed by atoms with Gasteiger partial charge in [0, 0.05) is 11.6 Å². The van der Waals surface area contributed by atoms with Crippen LogP contribution in [0.4, 0.5) is 0 Å². The Labute approximate surface area is 80.7 Å². The first-order valence-corrected chi connectivity index (χ1v) is 4.28. The lowest BCUT2D eigenvalue weighted by Crippen LogP contribution is -1.77. The fraction of sp³-hybridized carbons (Fsp3) is 0.100. The van der Waals surface area contributed by atoms with Gasteiger partial charge in [0.15, 0.2) is 0 Å². The number of aromatic nitrogens is 1. The number of halogens is 1. The molecule has 64 valence electrons. The van der Waals surface area contributed by atoms with E-state index in [1.165, 1.54) is 0 Å². The van der Waals surface area contributed by atoms with Crippen molar-refractivity contribution in [2.75, 3.05) is 0 Å². The van der Waals surface area contributed by atoms with Crippen molar-refractivity contribution in [1.29, 1.82) is 5.26 Å².